The van der Waals surface area contributed by atoms with Gasteiger partial charge in [-0.3, -0.25) is 24.1 Å². The van der Waals surface area contributed by atoms with Gasteiger partial charge in [0.15, 0.2) is 0 Å². The lowest BCUT2D eigenvalue weighted by atomic mass is 9.83. The van der Waals surface area contributed by atoms with E-state index in [9.17, 15) is 23.6 Å². The largest absolute Gasteiger partial charge is 0.377 e. The fourth-order valence-corrected chi connectivity index (χ4v) is 6.84. The van der Waals surface area contributed by atoms with E-state index in [0.717, 1.165) is 12.8 Å². The summed E-state index contributed by atoms with van der Waals surface area (Å²) in [5, 5.41) is 6.03. The van der Waals surface area contributed by atoms with Gasteiger partial charge in [-0.25, -0.2) is 4.39 Å². The summed E-state index contributed by atoms with van der Waals surface area (Å²) in [5.41, 5.74) is -0.512. The number of hydrogen-bond donors (Lipinski definition) is 2. The van der Waals surface area contributed by atoms with E-state index < -0.39 is 17.4 Å². The molecule has 3 saturated heterocycles. The van der Waals surface area contributed by atoms with Crippen molar-refractivity contribution in [1.29, 1.82) is 0 Å². The van der Waals surface area contributed by atoms with Crippen LogP contribution in [0.3, 0.4) is 0 Å². The number of carbonyl (C=O) groups excluding carboxylic acids is 4. The number of nitrogens with one attached hydrogen (secondary N) is 2. The Morgan fingerprint density at radius 2 is 1.63 bits per heavy atom. The second-order valence-corrected chi connectivity index (χ2v) is 12.2. The maximum Gasteiger partial charge on any atom is 0.253 e. The Bertz CT molecular complexity index is 1140. The second-order valence-electron chi connectivity index (χ2n) is 12.2. The molecule has 5 rings (SSSR count). The number of amides is 4. The highest BCUT2D eigenvalue weighted by atomic mass is 19.1. The van der Waals surface area contributed by atoms with E-state index in [1.165, 1.54) is 43.5 Å². The van der Waals surface area contributed by atoms with Crippen molar-refractivity contribution in [3.8, 4) is 0 Å². The topological polar surface area (TPSA) is 121 Å². The van der Waals surface area contributed by atoms with Crippen molar-refractivity contribution in [2.75, 3.05) is 65.7 Å². The molecule has 3 aliphatic heterocycles. The van der Waals surface area contributed by atoms with Crippen LogP contribution in [0.15, 0.2) is 24.3 Å². The van der Waals surface area contributed by atoms with E-state index in [-0.39, 0.29) is 49.9 Å². The fourth-order valence-electron chi connectivity index (χ4n) is 6.84. The predicted octanol–water partition coefficient (Wildman–Crippen LogP) is 1.32. The quantitative estimate of drug-likeness (QED) is 0.525. The number of nitrogens with zero attached hydrogens (tertiary/aromatic N) is 3. The summed E-state index contributed by atoms with van der Waals surface area (Å²) in [6.07, 6.45) is 6.58. The molecule has 0 radical (unpaired) electrons. The van der Waals surface area contributed by atoms with Crippen molar-refractivity contribution >= 4 is 23.6 Å². The molecule has 0 bridgehead atoms. The summed E-state index contributed by atoms with van der Waals surface area (Å²) in [6.45, 7) is 3.23. The van der Waals surface area contributed by atoms with Crippen molar-refractivity contribution in [2.45, 2.75) is 69.0 Å². The molecule has 236 valence electrons. The van der Waals surface area contributed by atoms with Gasteiger partial charge in [0, 0.05) is 50.9 Å². The van der Waals surface area contributed by atoms with Crippen LogP contribution < -0.4 is 10.6 Å². The van der Waals surface area contributed by atoms with Gasteiger partial charge in [-0.15, -0.1) is 0 Å². The third kappa shape index (κ3) is 8.10. The summed E-state index contributed by atoms with van der Waals surface area (Å²) >= 11 is 0. The predicted molar refractivity (Wildman–Crippen MR) is 156 cm³/mol. The van der Waals surface area contributed by atoms with Crippen LogP contribution in [0.25, 0.3) is 0 Å². The average molecular weight is 602 g/mol. The summed E-state index contributed by atoms with van der Waals surface area (Å²) < 4.78 is 24.4. The van der Waals surface area contributed by atoms with Crippen LogP contribution in [0.5, 0.6) is 0 Å². The minimum Gasteiger partial charge on any atom is -0.377 e. The highest BCUT2D eigenvalue weighted by molar-refractivity contribution is 5.94. The molecule has 4 amide bonds. The van der Waals surface area contributed by atoms with Crippen LogP contribution in [0.4, 0.5) is 4.39 Å². The molecule has 4 aliphatic rings. The highest BCUT2D eigenvalue weighted by Gasteiger charge is 2.43. The Morgan fingerprint density at radius 3 is 2.37 bits per heavy atom. The number of likely N-dealkylation sites (tertiary alicyclic amines) is 1. The molecular weight excluding hydrogens is 557 g/mol. The third-order valence-corrected chi connectivity index (χ3v) is 9.27. The smallest absolute Gasteiger partial charge is 0.253 e. The van der Waals surface area contributed by atoms with Gasteiger partial charge in [0.05, 0.1) is 31.8 Å². The number of fused-ring (bicyclic) bond motifs is 1. The fraction of sp³-hybridized carbons (Fsp3) is 0.677. The van der Waals surface area contributed by atoms with Crippen molar-refractivity contribution in [2.24, 2.45) is 0 Å². The highest BCUT2D eigenvalue weighted by Crippen LogP contribution is 2.30. The molecule has 1 aliphatic carbocycles. The monoisotopic (exact) mass is 601 g/mol. The SMILES string of the molecule is O=C1COCCOCCNC(=O)[C@@H]2CN(C3CCCCC3)CCN2C(=O)CC2(CCN(C(=O)c3ccc(F)cc3)CC2)N1. The second kappa shape index (κ2) is 14.6. The van der Waals surface area contributed by atoms with Gasteiger partial charge >= 0.3 is 0 Å². The molecule has 3 heterocycles. The molecule has 43 heavy (non-hydrogen) atoms. The Labute approximate surface area is 252 Å². The normalized spacial score (nSPS) is 25.6. The zero-order valence-corrected chi connectivity index (χ0v) is 24.9. The average Bonchev–Trinajstić information content (AvgIpc) is 3.02. The number of piperazine rings is 1. The van der Waals surface area contributed by atoms with Gasteiger partial charge in [0.25, 0.3) is 5.91 Å². The molecule has 1 atom stereocenters. The molecule has 0 aromatic heterocycles. The number of hydrogen-bond acceptors (Lipinski definition) is 7. The minimum atomic E-state index is -0.897. The number of carbonyl (C=O) groups is 4. The van der Waals surface area contributed by atoms with Crippen LogP contribution >= 0.6 is 0 Å². The number of benzene rings is 1. The van der Waals surface area contributed by atoms with Crippen LogP contribution in [-0.4, -0.2) is 122 Å². The van der Waals surface area contributed by atoms with Crippen molar-refractivity contribution < 1.29 is 33.0 Å². The van der Waals surface area contributed by atoms with E-state index in [1.54, 1.807) is 9.80 Å². The molecule has 1 spiro atoms. The Hall–Kier alpha value is -3.09. The molecule has 1 aromatic carbocycles. The van der Waals surface area contributed by atoms with E-state index in [2.05, 4.69) is 15.5 Å². The van der Waals surface area contributed by atoms with Gasteiger partial charge < -0.3 is 29.9 Å². The molecule has 2 N–H and O–H groups in total. The molecule has 11 nitrogen and oxygen atoms in total. The first-order valence-corrected chi connectivity index (χ1v) is 15.7. The van der Waals surface area contributed by atoms with Crippen LogP contribution in [0.1, 0.15) is 61.7 Å². The molecule has 0 unspecified atom stereocenters. The van der Waals surface area contributed by atoms with Gasteiger partial charge in [0.2, 0.25) is 17.7 Å². The van der Waals surface area contributed by atoms with Crippen LogP contribution in [0, 0.1) is 5.82 Å². The number of rotatable bonds is 2. The Kier molecular flexibility index (Phi) is 10.6. The maximum atomic E-state index is 14.0. The zero-order chi connectivity index (χ0) is 30.2. The lowest BCUT2D eigenvalue weighted by Crippen LogP contribution is -2.64. The standard InChI is InChI=1S/C31H44FN5O6/c32-24-8-6-23(7-9-24)30(41)35-13-10-31(11-14-35)20-28(39)37-16-15-36(25-4-2-1-3-5-25)21-26(37)29(40)33-12-17-42-18-19-43-22-27(38)34-31/h6-9,25-26H,1-5,10-22H2,(H,33,40)(H,34,38)/t26-/m0/s1. The summed E-state index contributed by atoms with van der Waals surface area (Å²) in [7, 11) is 0. The summed E-state index contributed by atoms with van der Waals surface area (Å²) in [5.74, 6) is -1.36. The van der Waals surface area contributed by atoms with E-state index in [0.29, 0.717) is 70.3 Å². The summed E-state index contributed by atoms with van der Waals surface area (Å²) in [6, 6.07) is 5.22. The van der Waals surface area contributed by atoms with E-state index in [1.807, 2.05) is 0 Å². The van der Waals surface area contributed by atoms with Crippen LogP contribution in [-0.2, 0) is 23.9 Å². The Morgan fingerprint density at radius 1 is 0.907 bits per heavy atom. The molecule has 12 heteroatoms. The van der Waals surface area contributed by atoms with Gasteiger partial charge in [0.1, 0.15) is 18.5 Å². The van der Waals surface area contributed by atoms with Gasteiger partial charge in [-0.1, -0.05) is 19.3 Å². The lowest BCUT2D eigenvalue weighted by Gasteiger charge is -2.47. The van der Waals surface area contributed by atoms with Crippen molar-refractivity contribution in [3.63, 3.8) is 0 Å². The molecule has 4 fully saturated rings. The first-order valence-electron chi connectivity index (χ1n) is 15.7. The third-order valence-electron chi connectivity index (χ3n) is 9.27. The van der Waals surface area contributed by atoms with Gasteiger partial charge in [-0.05, 0) is 49.9 Å². The minimum absolute atomic E-state index is 0.0215. The molecule has 1 saturated carbocycles. The number of piperidine rings is 1. The Balaban J connectivity index is 1.32. The first kappa shape index (κ1) is 31.3. The van der Waals surface area contributed by atoms with E-state index in [4.69, 9.17) is 9.47 Å². The zero-order valence-electron chi connectivity index (χ0n) is 24.9. The molecular formula is C31H44FN5O6. The number of ether oxygens (including phenoxy) is 2. The van der Waals surface area contributed by atoms with Crippen molar-refractivity contribution in [1.82, 2.24) is 25.3 Å². The first-order chi connectivity index (χ1) is 20.8. The van der Waals surface area contributed by atoms with Gasteiger partial charge in [-0.2, -0.15) is 0 Å². The van der Waals surface area contributed by atoms with Crippen LogP contribution in [0.2, 0.25) is 0 Å². The lowest BCUT2D eigenvalue weighted by molar-refractivity contribution is -0.147. The number of halogens is 1. The molecule has 1 aromatic rings. The maximum absolute atomic E-state index is 14.0. The van der Waals surface area contributed by atoms with Crippen molar-refractivity contribution in [3.05, 3.63) is 35.6 Å². The summed E-state index contributed by atoms with van der Waals surface area (Å²) in [4.78, 5) is 59.3. The van der Waals surface area contributed by atoms with E-state index >= 15 is 0 Å².